The van der Waals surface area contributed by atoms with Gasteiger partial charge in [-0.05, 0) is 6.07 Å². The van der Waals surface area contributed by atoms with E-state index in [-0.39, 0.29) is 22.9 Å². The Kier molecular flexibility index (Phi) is 5.00. The van der Waals surface area contributed by atoms with E-state index >= 15 is 0 Å². The highest BCUT2D eigenvalue weighted by Gasteiger charge is 2.16. The number of aliphatic carboxylic acids is 1. The normalized spacial score (nSPS) is 11.7. The Labute approximate surface area is 114 Å². The molecule has 0 saturated carbocycles. The zero-order valence-electron chi connectivity index (χ0n) is 10.4. The maximum absolute atomic E-state index is 11.0. The van der Waals surface area contributed by atoms with Crippen LogP contribution in [0.3, 0.4) is 0 Å². The molecule has 0 heterocycles. The van der Waals surface area contributed by atoms with Gasteiger partial charge >= 0.3 is 11.9 Å². The molecule has 0 aliphatic carbocycles. The summed E-state index contributed by atoms with van der Waals surface area (Å²) in [6.07, 6.45) is 0. The van der Waals surface area contributed by atoms with Gasteiger partial charge in [-0.3, -0.25) is 4.79 Å². The number of benzene rings is 1. The summed E-state index contributed by atoms with van der Waals surface area (Å²) in [4.78, 5) is 21.7. The van der Waals surface area contributed by atoms with Crippen LogP contribution in [-0.4, -0.2) is 35.8 Å². The number of hydrogen-bond donors (Lipinski definition) is 3. The van der Waals surface area contributed by atoms with Gasteiger partial charge < -0.3 is 20.3 Å². The average molecular weight is 288 g/mol. The van der Waals surface area contributed by atoms with Gasteiger partial charge in [-0.25, -0.2) is 4.79 Å². The molecule has 19 heavy (non-hydrogen) atoms. The fourth-order valence-corrected chi connectivity index (χ4v) is 1.61. The standard InChI is InChI=1S/C12H14ClNO5/c1-6(11(15)16)5-14-9-4-10(19-2)7(12(17)18)3-8(9)13/h3-4,6,14H,5H2,1-2H3,(H,15,16)(H,17,18). The lowest BCUT2D eigenvalue weighted by atomic mass is 10.1. The van der Waals surface area contributed by atoms with Crippen LogP contribution < -0.4 is 10.1 Å². The van der Waals surface area contributed by atoms with Crippen LogP contribution in [0.5, 0.6) is 5.75 Å². The molecule has 1 aromatic carbocycles. The van der Waals surface area contributed by atoms with Gasteiger partial charge in [0.1, 0.15) is 11.3 Å². The number of anilines is 1. The Balaban J connectivity index is 2.97. The van der Waals surface area contributed by atoms with Crippen LogP contribution in [-0.2, 0) is 4.79 Å². The Morgan fingerprint density at radius 3 is 2.53 bits per heavy atom. The lowest BCUT2D eigenvalue weighted by molar-refractivity contribution is -0.140. The van der Waals surface area contributed by atoms with Gasteiger partial charge in [-0.15, -0.1) is 0 Å². The Morgan fingerprint density at radius 1 is 1.42 bits per heavy atom. The number of methoxy groups -OCH3 is 1. The minimum atomic E-state index is -1.15. The first-order valence-electron chi connectivity index (χ1n) is 5.44. The van der Waals surface area contributed by atoms with Crippen LogP contribution in [0, 0.1) is 5.92 Å². The van der Waals surface area contributed by atoms with E-state index in [2.05, 4.69) is 5.32 Å². The molecule has 1 rings (SSSR count). The third-order valence-electron chi connectivity index (χ3n) is 2.54. The summed E-state index contributed by atoms with van der Waals surface area (Å²) in [5.74, 6) is -2.52. The molecular formula is C12H14ClNO5. The van der Waals surface area contributed by atoms with Crippen molar-refractivity contribution >= 4 is 29.2 Å². The number of hydrogen-bond acceptors (Lipinski definition) is 4. The predicted octanol–water partition coefficient (Wildman–Crippen LogP) is 2.18. The number of carbonyl (C=O) groups is 2. The van der Waals surface area contributed by atoms with Crippen LogP contribution in [0.15, 0.2) is 12.1 Å². The third kappa shape index (κ3) is 3.75. The summed E-state index contributed by atoms with van der Waals surface area (Å²) in [7, 11) is 1.35. The van der Waals surface area contributed by atoms with E-state index in [9.17, 15) is 9.59 Å². The second-order valence-corrected chi connectivity index (χ2v) is 4.36. The quantitative estimate of drug-likeness (QED) is 0.742. The van der Waals surface area contributed by atoms with E-state index in [4.69, 9.17) is 26.6 Å². The summed E-state index contributed by atoms with van der Waals surface area (Å²) in [6, 6.07) is 2.69. The number of nitrogens with one attached hydrogen (secondary N) is 1. The molecule has 1 atom stereocenters. The first-order chi connectivity index (χ1) is 8.86. The van der Waals surface area contributed by atoms with Crippen molar-refractivity contribution in [3.8, 4) is 5.75 Å². The van der Waals surface area contributed by atoms with Gasteiger partial charge in [0.2, 0.25) is 0 Å². The van der Waals surface area contributed by atoms with Gasteiger partial charge in [-0.1, -0.05) is 18.5 Å². The van der Waals surface area contributed by atoms with Crippen molar-refractivity contribution in [1.82, 2.24) is 0 Å². The fourth-order valence-electron chi connectivity index (χ4n) is 1.38. The molecule has 0 radical (unpaired) electrons. The van der Waals surface area contributed by atoms with Crippen molar-refractivity contribution in [1.29, 1.82) is 0 Å². The van der Waals surface area contributed by atoms with E-state index < -0.39 is 17.9 Å². The zero-order chi connectivity index (χ0) is 14.6. The van der Waals surface area contributed by atoms with Gasteiger partial charge in [0.15, 0.2) is 0 Å². The summed E-state index contributed by atoms with van der Waals surface area (Å²) < 4.78 is 4.96. The Morgan fingerprint density at radius 2 is 2.05 bits per heavy atom. The monoisotopic (exact) mass is 287 g/mol. The van der Waals surface area contributed by atoms with E-state index in [0.29, 0.717) is 5.69 Å². The first kappa shape index (κ1) is 15.1. The second-order valence-electron chi connectivity index (χ2n) is 3.96. The SMILES string of the molecule is COc1cc(NCC(C)C(=O)O)c(Cl)cc1C(=O)O. The number of carboxylic acids is 2. The molecule has 0 spiro atoms. The molecular weight excluding hydrogens is 274 g/mol. The lowest BCUT2D eigenvalue weighted by Gasteiger charge is -2.13. The molecule has 1 aromatic rings. The molecule has 3 N–H and O–H groups in total. The number of halogens is 1. The molecule has 0 saturated heterocycles. The molecule has 0 bridgehead atoms. The maximum atomic E-state index is 11.0. The summed E-state index contributed by atoms with van der Waals surface area (Å²) >= 11 is 5.94. The smallest absolute Gasteiger partial charge is 0.339 e. The average Bonchev–Trinajstić information content (AvgIpc) is 2.36. The molecule has 104 valence electrons. The lowest BCUT2D eigenvalue weighted by Crippen LogP contribution is -2.19. The van der Waals surface area contributed by atoms with Gasteiger partial charge in [0, 0.05) is 12.6 Å². The summed E-state index contributed by atoms with van der Waals surface area (Å²) in [5, 5.41) is 20.8. The van der Waals surface area contributed by atoms with Crippen molar-refractivity contribution in [3.05, 3.63) is 22.7 Å². The predicted molar refractivity (Wildman–Crippen MR) is 70.3 cm³/mol. The number of carboxylic acid groups (broad SMARTS) is 2. The molecule has 0 aromatic heterocycles. The molecule has 1 unspecified atom stereocenters. The minimum absolute atomic E-state index is 0.0515. The summed E-state index contributed by atoms with van der Waals surface area (Å²) in [5.41, 5.74) is 0.376. The van der Waals surface area contributed by atoms with E-state index in [0.717, 1.165) is 0 Å². The molecule has 0 aliphatic rings. The van der Waals surface area contributed by atoms with E-state index in [1.54, 1.807) is 6.92 Å². The highest BCUT2D eigenvalue weighted by Crippen LogP contribution is 2.31. The van der Waals surface area contributed by atoms with E-state index in [1.807, 2.05) is 0 Å². The molecule has 6 nitrogen and oxygen atoms in total. The van der Waals surface area contributed by atoms with Crippen molar-refractivity contribution in [2.45, 2.75) is 6.92 Å². The molecule has 0 fully saturated rings. The van der Waals surface area contributed by atoms with E-state index in [1.165, 1.54) is 19.2 Å². The minimum Gasteiger partial charge on any atom is -0.496 e. The van der Waals surface area contributed by atoms with Crippen molar-refractivity contribution in [2.24, 2.45) is 5.92 Å². The van der Waals surface area contributed by atoms with Crippen LogP contribution >= 0.6 is 11.6 Å². The third-order valence-corrected chi connectivity index (χ3v) is 2.85. The van der Waals surface area contributed by atoms with Gasteiger partial charge in [0.25, 0.3) is 0 Å². The number of ether oxygens (including phenoxy) is 1. The zero-order valence-corrected chi connectivity index (χ0v) is 11.2. The summed E-state index contributed by atoms with van der Waals surface area (Å²) in [6.45, 7) is 1.72. The second kappa shape index (κ2) is 6.29. The largest absolute Gasteiger partial charge is 0.496 e. The number of aromatic carboxylic acids is 1. The van der Waals surface area contributed by atoms with Crippen molar-refractivity contribution in [3.63, 3.8) is 0 Å². The Hall–Kier alpha value is -1.95. The molecule has 0 amide bonds. The first-order valence-corrected chi connectivity index (χ1v) is 5.82. The Bertz CT molecular complexity index is 503. The highest BCUT2D eigenvalue weighted by atomic mass is 35.5. The van der Waals surface area contributed by atoms with Crippen LogP contribution in [0.25, 0.3) is 0 Å². The topological polar surface area (TPSA) is 95.9 Å². The number of rotatable bonds is 6. The van der Waals surface area contributed by atoms with Crippen LogP contribution in [0.2, 0.25) is 5.02 Å². The molecule has 7 heteroatoms. The van der Waals surface area contributed by atoms with Crippen LogP contribution in [0.4, 0.5) is 5.69 Å². The van der Waals surface area contributed by atoms with Crippen molar-refractivity contribution in [2.75, 3.05) is 19.0 Å². The fraction of sp³-hybridized carbons (Fsp3) is 0.333. The van der Waals surface area contributed by atoms with Gasteiger partial charge in [0.05, 0.1) is 23.7 Å². The molecule has 0 aliphatic heterocycles. The van der Waals surface area contributed by atoms with Crippen LogP contribution in [0.1, 0.15) is 17.3 Å². The van der Waals surface area contributed by atoms with Crippen molar-refractivity contribution < 1.29 is 24.5 Å². The van der Waals surface area contributed by atoms with Gasteiger partial charge in [-0.2, -0.15) is 0 Å². The maximum Gasteiger partial charge on any atom is 0.339 e. The highest BCUT2D eigenvalue weighted by molar-refractivity contribution is 6.33.